The molecule has 0 fully saturated rings. The van der Waals surface area contributed by atoms with Crippen molar-refractivity contribution in [2.24, 2.45) is 5.10 Å². The summed E-state index contributed by atoms with van der Waals surface area (Å²) in [6, 6.07) is 17.4. The number of hydrogen-bond donors (Lipinski definition) is 2. The lowest BCUT2D eigenvalue weighted by Gasteiger charge is -2.13. The van der Waals surface area contributed by atoms with Gasteiger partial charge < -0.3 is 24.3 Å². The molecule has 0 aromatic heterocycles. The first-order valence-electron chi connectivity index (χ1n) is 10.9. The number of hydrogen-bond acceptors (Lipinski definition) is 7. The van der Waals surface area contributed by atoms with Gasteiger partial charge >= 0.3 is 0 Å². The van der Waals surface area contributed by atoms with E-state index in [0.717, 1.165) is 0 Å². The van der Waals surface area contributed by atoms with Crippen LogP contribution in [0.3, 0.4) is 0 Å². The van der Waals surface area contributed by atoms with Crippen LogP contribution in [-0.4, -0.2) is 45.5 Å². The van der Waals surface area contributed by atoms with E-state index in [1.807, 2.05) is 25.1 Å². The van der Waals surface area contributed by atoms with Crippen molar-refractivity contribution in [1.82, 2.24) is 5.43 Å². The molecular weight excluding hydrogens is 530 g/mol. The third kappa shape index (κ3) is 7.22. The van der Waals surface area contributed by atoms with E-state index in [0.29, 0.717) is 50.9 Å². The number of methoxy groups -OCH3 is 2. The molecule has 9 nitrogen and oxygen atoms in total. The molecule has 0 bridgehead atoms. The summed E-state index contributed by atoms with van der Waals surface area (Å²) < 4.78 is 22.4. The maximum absolute atomic E-state index is 12.5. The van der Waals surface area contributed by atoms with E-state index in [9.17, 15) is 9.59 Å². The van der Waals surface area contributed by atoms with Gasteiger partial charge in [0.2, 0.25) is 0 Å². The number of nitrogens with zero attached hydrogens (tertiary/aromatic N) is 1. The molecule has 0 unspecified atom stereocenters. The maximum atomic E-state index is 12.5. The van der Waals surface area contributed by atoms with Crippen molar-refractivity contribution >= 4 is 39.6 Å². The molecule has 0 aliphatic carbocycles. The lowest BCUT2D eigenvalue weighted by atomic mass is 10.2. The van der Waals surface area contributed by atoms with Crippen molar-refractivity contribution in [1.29, 1.82) is 0 Å². The lowest BCUT2D eigenvalue weighted by molar-refractivity contribution is -0.118. The molecule has 36 heavy (non-hydrogen) atoms. The van der Waals surface area contributed by atoms with E-state index < -0.39 is 5.91 Å². The quantitative estimate of drug-likeness (QED) is 0.263. The molecule has 2 N–H and O–H groups in total. The predicted molar refractivity (Wildman–Crippen MR) is 140 cm³/mol. The van der Waals surface area contributed by atoms with Crippen LogP contribution in [0.2, 0.25) is 0 Å². The molecule has 2 amide bonds. The van der Waals surface area contributed by atoms with Crippen LogP contribution in [0, 0.1) is 0 Å². The van der Waals surface area contributed by atoms with Crippen molar-refractivity contribution in [3.8, 4) is 23.0 Å². The Morgan fingerprint density at radius 2 is 1.69 bits per heavy atom. The molecule has 0 radical (unpaired) electrons. The van der Waals surface area contributed by atoms with E-state index in [2.05, 4.69) is 31.8 Å². The van der Waals surface area contributed by atoms with Gasteiger partial charge in [-0.15, -0.1) is 0 Å². The molecule has 0 heterocycles. The first-order chi connectivity index (χ1) is 17.4. The summed E-state index contributed by atoms with van der Waals surface area (Å²) in [5.41, 5.74) is 4.16. The monoisotopic (exact) mass is 555 g/mol. The third-order valence-electron chi connectivity index (χ3n) is 4.76. The van der Waals surface area contributed by atoms with Crippen LogP contribution in [-0.2, 0) is 4.79 Å². The van der Waals surface area contributed by atoms with E-state index in [1.54, 1.807) is 42.5 Å². The fourth-order valence-corrected chi connectivity index (χ4v) is 3.70. The van der Waals surface area contributed by atoms with Gasteiger partial charge in [0.15, 0.2) is 29.6 Å². The summed E-state index contributed by atoms with van der Waals surface area (Å²) in [6.07, 6.45) is 1.46. The fraction of sp³-hybridized carbons (Fsp3) is 0.192. The molecule has 0 saturated heterocycles. The van der Waals surface area contributed by atoms with Gasteiger partial charge in [0.1, 0.15) is 0 Å². The number of halogens is 1. The van der Waals surface area contributed by atoms with Gasteiger partial charge in [0.05, 0.1) is 31.5 Å². The highest BCUT2D eigenvalue weighted by Crippen LogP contribution is 2.36. The normalized spacial score (nSPS) is 10.6. The molecule has 10 heteroatoms. The number of carbonyl (C=O) groups is 2. The molecule has 3 aromatic carbocycles. The Kier molecular flexibility index (Phi) is 9.70. The SMILES string of the molecule is CCOc1cc(C(=O)N/N=C/c2cc(Br)c(OCC(=O)Nc3ccccc3)c(OC)c2)ccc1OC. The summed E-state index contributed by atoms with van der Waals surface area (Å²) in [6.45, 7) is 2.07. The smallest absolute Gasteiger partial charge is 0.271 e. The number of ether oxygens (including phenoxy) is 4. The summed E-state index contributed by atoms with van der Waals surface area (Å²) in [5.74, 6) is 1.04. The second kappa shape index (κ2) is 13.1. The number of anilines is 1. The highest BCUT2D eigenvalue weighted by Gasteiger charge is 2.14. The zero-order chi connectivity index (χ0) is 25.9. The van der Waals surface area contributed by atoms with E-state index >= 15 is 0 Å². The molecule has 188 valence electrons. The largest absolute Gasteiger partial charge is 0.493 e. The van der Waals surface area contributed by atoms with Gasteiger partial charge in [0, 0.05) is 11.3 Å². The Hall–Kier alpha value is -4.05. The van der Waals surface area contributed by atoms with E-state index in [1.165, 1.54) is 20.4 Å². The van der Waals surface area contributed by atoms with Gasteiger partial charge in [-0.2, -0.15) is 5.10 Å². The van der Waals surface area contributed by atoms with Gasteiger partial charge in [-0.05, 0) is 70.9 Å². The van der Waals surface area contributed by atoms with Crippen LogP contribution < -0.4 is 29.7 Å². The Labute approximate surface area is 217 Å². The second-order valence-electron chi connectivity index (χ2n) is 7.23. The molecule has 0 aliphatic heterocycles. The molecule has 3 aromatic rings. The van der Waals surface area contributed by atoms with Gasteiger partial charge in [-0.25, -0.2) is 5.43 Å². The Balaban J connectivity index is 1.64. The maximum Gasteiger partial charge on any atom is 0.271 e. The number of nitrogens with one attached hydrogen (secondary N) is 2. The topological polar surface area (TPSA) is 107 Å². The summed E-state index contributed by atoms with van der Waals surface area (Å²) in [7, 11) is 3.02. The highest BCUT2D eigenvalue weighted by molar-refractivity contribution is 9.10. The van der Waals surface area contributed by atoms with Gasteiger partial charge in [0.25, 0.3) is 11.8 Å². The summed E-state index contributed by atoms with van der Waals surface area (Å²) in [5, 5.41) is 6.78. The molecule has 0 spiro atoms. The Morgan fingerprint density at radius 3 is 2.39 bits per heavy atom. The number of carbonyl (C=O) groups excluding carboxylic acids is 2. The van der Waals surface area contributed by atoms with E-state index in [4.69, 9.17) is 18.9 Å². The Morgan fingerprint density at radius 1 is 0.944 bits per heavy atom. The van der Waals surface area contributed by atoms with Crippen LogP contribution in [0.4, 0.5) is 5.69 Å². The molecule has 0 saturated carbocycles. The van der Waals surface area contributed by atoms with Crippen molar-refractivity contribution < 1.29 is 28.5 Å². The van der Waals surface area contributed by atoms with Crippen LogP contribution in [0.15, 0.2) is 70.2 Å². The predicted octanol–water partition coefficient (Wildman–Crippen LogP) is 4.65. The van der Waals surface area contributed by atoms with Gasteiger partial charge in [-0.3, -0.25) is 9.59 Å². The van der Waals surface area contributed by atoms with Crippen molar-refractivity contribution in [2.45, 2.75) is 6.92 Å². The number of rotatable bonds is 11. The molecular formula is C26H26BrN3O6. The second-order valence-corrected chi connectivity index (χ2v) is 8.09. The van der Waals surface area contributed by atoms with Crippen LogP contribution in [0.5, 0.6) is 23.0 Å². The number of benzene rings is 3. The number of hydrazone groups is 1. The first kappa shape index (κ1) is 26.6. The van der Waals surface area contributed by atoms with Gasteiger partial charge in [-0.1, -0.05) is 18.2 Å². The minimum Gasteiger partial charge on any atom is -0.493 e. The standard InChI is InChI=1S/C26H26BrN3O6/c1-4-35-22-14-18(10-11-21(22)33-2)26(32)30-28-15-17-12-20(27)25(23(13-17)34-3)36-16-24(31)29-19-8-6-5-7-9-19/h5-15H,4,16H2,1-3H3,(H,29,31)(H,30,32)/b28-15+. The molecule has 3 rings (SSSR count). The van der Waals surface area contributed by atoms with Crippen LogP contribution in [0.25, 0.3) is 0 Å². The zero-order valence-electron chi connectivity index (χ0n) is 20.0. The van der Waals surface area contributed by atoms with Crippen molar-refractivity contribution in [2.75, 3.05) is 32.8 Å². The minimum absolute atomic E-state index is 0.209. The minimum atomic E-state index is -0.412. The first-order valence-corrected chi connectivity index (χ1v) is 11.7. The average Bonchev–Trinajstić information content (AvgIpc) is 2.88. The fourth-order valence-electron chi connectivity index (χ4n) is 3.13. The van der Waals surface area contributed by atoms with Crippen molar-refractivity contribution in [3.05, 3.63) is 76.3 Å². The summed E-state index contributed by atoms with van der Waals surface area (Å²) in [4.78, 5) is 24.7. The molecule has 0 aliphatic rings. The number of amides is 2. The van der Waals surface area contributed by atoms with Crippen LogP contribution in [0.1, 0.15) is 22.8 Å². The number of para-hydroxylation sites is 1. The van der Waals surface area contributed by atoms with E-state index in [-0.39, 0.29) is 12.5 Å². The zero-order valence-corrected chi connectivity index (χ0v) is 21.6. The van der Waals surface area contributed by atoms with Crippen molar-refractivity contribution in [3.63, 3.8) is 0 Å². The molecule has 0 atom stereocenters. The highest BCUT2D eigenvalue weighted by atomic mass is 79.9. The Bertz CT molecular complexity index is 1230. The third-order valence-corrected chi connectivity index (χ3v) is 5.35. The summed E-state index contributed by atoms with van der Waals surface area (Å²) >= 11 is 3.44. The van der Waals surface area contributed by atoms with Crippen LogP contribution >= 0.6 is 15.9 Å². The average molecular weight is 556 g/mol. The lowest BCUT2D eigenvalue weighted by Crippen LogP contribution is -2.20.